The van der Waals surface area contributed by atoms with E-state index in [-0.39, 0.29) is 11.2 Å². The average molecular weight is 240 g/mol. The van der Waals surface area contributed by atoms with Gasteiger partial charge in [0.15, 0.2) is 9.84 Å². The Morgan fingerprint density at radius 1 is 1.19 bits per heavy atom. The van der Waals surface area contributed by atoms with Crippen molar-refractivity contribution in [3.63, 3.8) is 0 Å². The van der Waals surface area contributed by atoms with Crippen LogP contribution in [0.4, 0.5) is 0 Å². The summed E-state index contributed by atoms with van der Waals surface area (Å²) in [4.78, 5) is 0.474. The average Bonchev–Trinajstić information content (AvgIpc) is 2.16. The molecule has 0 heterocycles. The van der Waals surface area contributed by atoms with Crippen LogP contribution in [0.5, 0.6) is 0 Å². The molecule has 0 bridgehead atoms. The molecule has 1 aromatic rings. The highest BCUT2D eigenvalue weighted by Crippen LogP contribution is 2.27. The molecule has 2 nitrogen and oxygen atoms in total. The molecule has 0 aliphatic carbocycles. The monoisotopic (exact) mass is 240 g/mol. The summed E-state index contributed by atoms with van der Waals surface area (Å²) in [7, 11) is -3.11. The van der Waals surface area contributed by atoms with E-state index in [1.165, 1.54) is 0 Å². The molecular formula is C13H20O2S. The second-order valence-electron chi connectivity index (χ2n) is 5.13. The predicted octanol–water partition coefficient (Wildman–Crippen LogP) is 3.09. The largest absolute Gasteiger partial charge is 0.224 e. The highest BCUT2D eigenvalue weighted by Gasteiger charge is 2.19. The lowest BCUT2D eigenvalue weighted by atomic mass is 9.87. The van der Waals surface area contributed by atoms with E-state index >= 15 is 0 Å². The fourth-order valence-electron chi connectivity index (χ4n) is 1.56. The van der Waals surface area contributed by atoms with Crippen LogP contribution in [0.25, 0.3) is 0 Å². The zero-order chi connectivity index (χ0) is 12.6. The second kappa shape index (κ2) is 4.21. The van der Waals surface area contributed by atoms with Gasteiger partial charge in [-0.25, -0.2) is 8.42 Å². The summed E-state index contributed by atoms with van der Waals surface area (Å²) in [5.74, 6) is 0.154. The Kier molecular flexibility index (Phi) is 3.48. The van der Waals surface area contributed by atoms with Crippen LogP contribution in [0.15, 0.2) is 23.1 Å². The molecule has 1 aromatic carbocycles. The minimum Gasteiger partial charge on any atom is -0.224 e. The summed E-state index contributed by atoms with van der Waals surface area (Å²) in [5, 5.41) is 0. The first-order valence-corrected chi connectivity index (χ1v) is 7.17. The Labute approximate surface area is 98.6 Å². The van der Waals surface area contributed by atoms with Crippen LogP contribution in [0.3, 0.4) is 0 Å². The molecule has 0 atom stereocenters. The zero-order valence-electron chi connectivity index (χ0n) is 10.7. The van der Waals surface area contributed by atoms with E-state index in [4.69, 9.17) is 0 Å². The molecule has 90 valence electrons. The van der Waals surface area contributed by atoms with Crippen LogP contribution in [0.2, 0.25) is 0 Å². The van der Waals surface area contributed by atoms with Gasteiger partial charge in [0.25, 0.3) is 0 Å². The van der Waals surface area contributed by atoms with Crippen molar-refractivity contribution in [3.05, 3.63) is 29.3 Å². The maximum Gasteiger partial charge on any atom is 0.178 e. The molecule has 0 amide bonds. The van der Waals surface area contributed by atoms with E-state index < -0.39 is 9.84 Å². The molecule has 0 unspecified atom stereocenters. The third-order valence-corrected chi connectivity index (χ3v) is 4.64. The molecule has 0 aliphatic heterocycles. The van der Waals surface area contributed by atoms with Gasteiger partial charge in [-0.15, -0.1) is 0 Å². The number of aryl methyl sites for hydroxylation is 1. The van der Waals surface area contributed by atoms with Gasteiger partial charge < -0.3 is 0 Å². The highest BCUT2D eigenvalue weighted by molar-refractivity contribution is 7.91. The van der Waals surface area contributed by atoms with Gasteiger partial charge in [-0.05, 0) is 29.5 Å². The van der Waals surface area contributed by atoms with Crippen molar-refractivity contribution in [1.82, 2.24) is 0 Å². The molecule has 0 N–H and O–H groups in total. The van der Waals surface area contributed by atoms with Gasteiger partial charge in [0.2, 0.25) is 0 Å². The van der Waals surface area contributed by atoms with Crippen molar-refractivity contribution < 1.29 is 8.42 Å². The highest BCUT2D eigenvalue weighted by atomic mass is 32.2. The first-order chi connectivity index (χ1) is 7.18. The fraction of sp³-hybridized carbons (Fsp3) is 0.538. The maximum absolute atomic E-state index is 11.9. The van der Waals surface area contributed by atoms with E-state index in [9.17, 15) is 8.42 Å². The number of rotatable bonds is 2. The third kappa shape index (κ3) is 2.64. The number of hydrogen-bond acceptors (Lipinski definition) is 2. The van der Waals surface area contributed by atoms with E-state index in [1.54, 1.807) is 6.92 Å². The molecule has 0 saturated carbocycles. The quantitative estimate of drug-likeness (QED) is 0.796. The van der Waals surface area contributed by atoms with Crippen LogP contribution >= 0.6 is 0 Å². The third-order valence-electron chi connectivity index (χ3n) is 2.77. The van der Waals surface area contributed by atoms with Gasteiger partial charge in [-0.2, -0.15) is 0 Å². The lowest BCUT2D eigenvalue weighted by molar-refractivity contribution is 0.583. The van der Waals surface area contributed by atoms with Gasteiger partial charge >= 0.3 is 0 Å². The summed E-state index contributed by atoms with van der Waals surface area (Å²) >= 11 is 0. The molecule has 0 saturated heterocycles. The van der Waals surface area contributed by atoms with E-state index in [0.717, 1.165) is 11.1 Å². The lowest BCUT2D eigenvalue weighted by Gasteiger charge is -2.20. The first-order valence-electron chi connectivity index (χ1n) is 5.52. The van der Waals surface area contributed by atoms with Crippen molar-refractivity contribution in [2.45, 2.75) is 44.9 Å². The zero-order valence-corrected chi connectivity index (χ0v) is 11.5. The predicted molar refractivity (Wildman–Crippen MR) is 67.6 cm³/mol. The molecule has 0 spiro atoms. The van der Waals surface area contributed by atoms with Gasteiger partial charge in [0, 0.05) is 0 Å². The lowest BCUT2D eigenvalue weighted by Crippen LogP contribution is -2.13. The molecule has 0 aromatic heterocycles. The maximum atomic E-state index is 11.9. The van der Waals surface area contributed by atoms with Crippen molar-refractivity contribution >= 4 is 9.84 Å². The summed E-state index contributed by atoms with van der Waals surface area (Å²) in [6.45, 7) is 9.77. The fourth-order valence-corrected chi connectivity index (χ4v) is 2.73. The molecule has 0 aliphatic rings. The second-order valence-corrected chi connectivity index (χ2v) is 7.38. The Morgan fingerprint density at radius 2 is 1.75 bits per heavy atom. The molecule has 3 heteroatoms. The summed E-state index contributed by atoms with van der Waals surface area (Å²) in [5.41, 5.74) is 1.87. The van der Waals surface area contributed by atoms with Crippen LogP contribution in [0, 0.1) is 6.92 Å². The van der Waals surface area contributed by atoms with Crippen molar-refractivity contribution in [2.75, 3.05) is 5.75 Å². The normalized spacial score (nSPS) is 12.8. The Bertz CT molecular complexity index is 479. The smallest absolute Gasteiger partial charge is 0.178 e. The SMILES string of the molecule is CCS(=O)(=O)c1cc(C(C)(C)C)ccc1C. The number of benzene rings is 1. The van der Waals surface area contributed by atoms with Crippen LogP contribution in [-0.2, 0) is 15.3 Å². The van der Waals surface area contributed by atoms with Gasteiger partial charge in [-0.1, -0.05) is 39.8 Å². The van der Waals surface area contributed by atoms with Crippen LogP contribution < -0.4 is 0 Å². The molecule has 16 heavy (non-hydrogen) atoms. The van der Waals surface area contributed by atoms with Gasteiger partial charge in [0.05, 0.1) is 10.6 Å². The number of sulfone groups is 1. The van der Waals surface area contributed by atoms with Crippen molar-refractivity contribution in [2.24, 2.45) is 0 Å². The standard InChI is InChI=1S/C13H20O2S/c1-6-16(14,15)12-9-11(13(3,4)5)8-7-10(12)2/h7-9H,6H2,1-5H3. The van der Waals surface area contributed by atoms with Gasteiger partial charge in [-0.3, -0.25) is 0 Å². The summed E-state index contributed by atoms with van der Waals surface area (Å²) in [6, 6.07) is 5.71. The minimum atomic E-state index is -3.11. The van der Waals surface area contributed by atoms with Crippen molar-refractivity contribution in [3.8, 4) is 0 Å². The molecule has 0 fully saturated rings. The van der Waals surface area contributed by atoms with E-state index in [1.807, 2.05) is 25.1 Å². The Balaban J connectivity index is 3.42. The van der Waals surface area contributed by atoms with E-state index in [2.05, 4.69) is 20.8 Å². The molecule has 1 rings (SSSR count). The summed E-state index contributed by atoms with van der Waals surface area (Å²) < 4.78 is 23.8. The first kappa shape index (κ1) is 13.2. The van der Waals surface area contributed by atoms with Crippen LogP contribution in [-0.4, -0.2) is 14.2 Å². The molecular weight excluding hydrogens is 220 g/mol. The minimum absolute atomic E-state index is 0.0221. The van der Waals surface area contributed by atoms with E-state index in [0.29, 0.717) is 4.90 Å². The van der Waals surface area contributed by atoms with Crippen molar-refractivity contribution in [1.29, 1.82) is 0 Å². The van der Waals surface area contributed by atoms with Crippen LogP contribution in [0.1, 0.15) is 38.8 Å². The number of hydrogen-bond donors (Lipinski definition) is 0. The Hall–Kier alpha value is -0.830. The summed E-state index contributed by atoms with van der Waals surface area (Å²) in [6.07, 6.45) is 0. The molecule has 0 radical (unpaired) electrons. The Morgan fingerprint density at radius 3 is 2.19 bits per heavy atom. The topological polar surface area (TPSA) is 34.1 Å². The van der Waals surface area contributed by atoms with Gasteiger partial charge in [0.1, 0.15) is 0 Å².